The van der Waals surface area contributed by atoms with Gasteiger partial charge in [0.15, 0.2) is 11.2 Å². The first-order valence-electron chi connectivity index (χ1n) is 11.3. The van der Waals surface area contributed by atoms with E-state index in [0.29, 0.717) is 43.0 Å². The monoisotopic (exact) mass is 460 g/mol. The second-order valence-corrected chi connectivity index (χ2v) is 8.02. The smallest absolute Gasteiger partial charge is 0.332 e. The van der Waals surface area contributed by atoms with E-state index in [9.17, 15) is 9.59 Å². The van der Waals surface area contributed by atoms with Gasteiger partial charge in [-0.25, -0.2) is 9.78 Å². The minimum atomic E-state index is -0.313. The van der Waals surface area contributed by atoms with Crippen molar-refractivity contribution in [2.75, 3.05) is 7.11 Å². The molecule has 4 aromatic rings. The third-order valence-electron chi connectivity index (χ3n) is 5.57. The molecule has 0 amide bonds. The number of methoxy groups -OCH3 is 1. The van der Waals surface area contributed by atoms with Gasteiger partial charge in [-0.05, 0) is 31.0 Å². The lowest BCUT2D eigenvalue weighted by atomic mass is 10.2. The molecule has 9 nitrogen and oxygen atoms in total. The summed E-state index contributed by atoms with van der Waals surface area (Å²) in [6.45, 7) is 5.20. The Balaban J connectivity index is 1.70. The van der Waals surface area contributed by atoms with Crippen LogP contribution in [0.25, 0.3) is 22.6 Å². The van der Waals surface area contributed by atoms with Crippen LogP contribution in [0.4, 0.5) is 0 Å². The number of hydrogen-bond acceptors (Lipinski definition) is 5. The normalized spacial score (nSPS) is 10.9. The molecule has 0 aliphatic carbocycles. The fourth-order valence-corrected chi connectivity index (χ4v) is 3.96. The molecule has 0 saturated heterocycles. The van der Waals surface area contributed by atoms with Crippen LogP contribution >= 0.6 is 0 Å². The quantitative estimate of drug-likeness (QED) is 0.396. The number of aryl methyl sites for hydroxylation is 2. The maximum Gasteiger partial charge on any atom is 0.332 e. The van der Waals surface area contributed by atoms with Gasteiger partial charge >= 0.3 is 5.69 Å². The van der Waals surface area contributed by atoms with Crippen LogP contribution in [0.5, 0.6) is 5.75 Å². The summed E-state index contributed by atoms with van der Waals surface area (Å²) in [4.78, 5) is 30.8. The van der Waals surface area contributed by atoms with Gasteiger partial charge in [-0.2, -0.15) is 5.10 Å². The Morgan fingerprint density at radius 1 is 1.09 bits per heavy atom. The molecule has 3 heterocycles. The fraction of sp³-hybridized carbons (Fsp3) is 0.360. The Bertz CT molecular complexity index is 1510. The van der Waals surface area contributed by atoms with Crippen molar-refractivity contribution in [2.24, 2.45) is 7.05 Å². The largest absolute Gasteiger partial charge is 0.497 e. The first-order valence-corrected chi connectivity index (χ1v) is 11.3. The number of aromatic nitrogens is 6. The van der Waals surface area contributed by atoms with E-state index in [-0.39, 0.29) is 11.2 Å². The summed E-state index contributed by atoms with van der Waals surface area (Å²) in [5.41, 5.74) is 1.81. The lowest BCUT2D eigenvalue weighted by molar-refractivity contribution is 0.414. The number of fused-ring (bicyclic) bond motifs is 1. The number of benzene rings is 1. The van der Waals surface area contributed by atoms with Crippen molar-refractivity contribution in [3.05, 3.63) is 63.1 Å². The Morgan fingerprint density at radius 3 is 2.59 bits per heavy atom. The number of hydrogen-bond donors (Lipinski definition) is 0. The van der Waals surface area contributed by atoms with Gasteiger partial charge in [0.1, 0.15) is 18.1 Å². The molecular weight excluding hydrogens is 432 g/mol. The lowest BCUT2D eigenvalue weighted by Gasteiger charge is -2.10. The summed E-state index contributed by atoms with van der Waals surface area (Å²) >= 11 is 0. The van der Waals surface area contributed by atoms with Gasteiger partial charge in [0.2, 0.25) is 0 Å². The summed E-state index contributed by atoms with van der Waals surface area (Å²) in [7, 11) is 3.42. The second-order valence-electron chi connectivity index (χ2n) is 8.02. The van der Waals surface area contributed by atoms with Crippen molar-refractivity contribution in [1.82, 2.24) is 28.5 Å². The van der Waals surface area contributed by atoms with E-state index in [2.05, 4.69) is 16.9 Å². The molecule has 0 bridgehead atoms. The molecule has 34 heavy (non-hydrogen) atoms. The van der Waals surface area contributed by atoms with Gasteiger partial charge in [-0.15, -0.1) is 0 Å². The zero-order valence-corrected chi connectivity index (χ0v) is 19.9. The topological polar surface area (TPSA) is 88.9 Å². The Kier molecular flexibility index (Phi) is 6.68. The maximum atomic E-state index is 13.1. The Morgan fingerprint density at radius 2 is 1.85 bits per heavy atom. The summed E-state index contributed by atoms with van der Waals surface area (Å²) in [5, 5.41) is 4.40. The molecule has 3 aromatic heterocycles. The van der Waals surface area contributed by atoms with Crippen molar-refractivity contribution in [3.8, 4) is 29.0 Å². The molecule has 0 fully saturated rings. The first kappa shape index (κ1) is 23.1. The number of rotatable bonds is 7. The van der Waals surface area contributed by atoms with Crippen LogP contribution in [0, 0.1) is 11.8 Å². The molecular formula is C25H28N6O3. The highest BCUT2D eigenvalue weighted by Gasteiger charge is 2.20. The highest BCUT2D eigenvalue weighted by Crippen LogP contribution is 2.21. The summed E-state index contributed by atoms with van der Waals surface area (Å²) in [5.74, 6) is 7.56. The molecule has 0 spiro atoms. The van der Waals surface area contributed by atoms with Gasteiger partial charge in [-0.3, -0.25) is 18.6 Å². The van der Waals surface area contributed by atoms with Gasteiger partial charge < -0.3 is 9.30 Å². The summed E-state index contributed by atoms with van der Waals surface area (Å²) < 4.78 is 11.6. The Labute approximate surface area is 197 Å². The van der Waals surface area contributed by atoms with Crippen LogP contribution in [-0.4, -0.2) is 35.6 Å². The van der Waals surface area contributed by atoms with Gasteiger partial charge in [0.25, 0.3) is 5.56 Å². The van der Waals surface area contributed by atoms with Crippen LogP contribution in [0.1, 0.15) is 32.3 Å². The zero-order chi connectivity index (χ0) is 24.2. The van der Waals surface area contributed by atoms with Gasteiger partial charge in [-0.1, -0.05) is 31.8 Å². The lowest BCUT2D eigenvalue weighted by Crippen LogP contribution is -2.40. The third-order valence-corrected chi connectivity index (χ3v) is 5.57. The minimum absolute atomic E-state index is 0.311. The van der Waals surface area contributed by atoms with Crippen LogP contribution < -0.4 is 16.0 Å². The molecule has 0 atom stereocenters. The van der Waals surface area contributed by atoms with Crippen LogP contribution in [-0.2, 0) is 26.7 Å². The predicted molar refractivity (Wildman–Crippen MR) is 131 cm³/mol. The average Bonchev–Trinajstić information content (AvgIpc) is 3.44. The molecule has 0 aliphatic rings. The Hall–Kier alpha value is -4.06. The van der Waals surface area contributed by atoms with Crippen LogP contribution in [0.2, 0.25) is 0 Å². The SMILES string of the molecule is CCCn1c(=O)c2c(nc(-c3cnn(CC#Cc4cccc(OC)c4)c3)n2C)n(CCC)c1=O. The van der Waals surface area contributed by atoms with E-state index < -0.39 is 0 Å². The number of ether oxygens (including phenoxy) is 1. The molecule has 9 heteroatoms. The standard InChI is InChI=1S/C25H28N6O3/c1-5-12-30-23-21(24(32)31(13-6-2)25(30)33)28(3)22(27-23)19-16-26-29(17-19)14-8-10-18-9-7-11-20(15-18)34-4/h7,9,11,15-17H,5-6,12-14H2,1-4H3. The van der Waals surface area contributed by atoms with Gasteiger partial charge in [0.05, 0.1) is 18.9 Å². The fourth-order valence-electron chi connectivity index (χ4n) is 3.96. The highest BCUT2D eigenvalue weighted by atomic mass is 16.5. The zero-order valence-electron chi connectivity index (χ0n) is 19.9. The van der Waals surface area contributed by atoms with Crippen molar-refractivity contribution in [2.45, 2.75) is 46.3 Å². The van der Waals surface area contributed by atoms with Crippen molar-refractivity contribution in [1.29, 1.82) is 0 Å². The first-order chi connectivity index (χ1) is 16.5. The number of imidazole rings is 1. The van der Waals surface area contributed by atoms with E-state index in [1.165, 1.54) is 4.57 Å². The van der Waals surface area contributed by atoms with Crippen molar-refractivity contribution >= 4 is 11.2 Å². The average molecular weight is 461 g/mol. The second kappa shape index (κ2) is 9.83. The van der Waals surface area contributed by atoms with Crippen LogP contribution in [0.3, 0.4) is 0 Å². The molecule has 0 unspecified atom stereocenters. The maximum absolute atomic E-state index is 13.1. The van der Waals surface area contributed by atoms with Crippen LogP contribution in [0.15, 0.2) is 46.2 Å². The van der Waals surface area contributed by atoms with E-state index in [4.69, 9.17) is 9.72 Å². The third kappa shape index (κ3) is 4.27. The molecule has 0 N–H and O–H groups in total. The molecule has 0 saturated carbocycles. The van der Waals surface area contributed by atoms with E-state index >= 15 is 0 Å². The highest BCUT2D eigenvalue weighted by molar-refractivity contribution is 5.76. The minimum Gasteiger partial charge on any atom is -0.497 e. The van der Waals surface area contributed by atoms with Gasteiger partial charge in [0, 0.05) is 31.9 Å². The number of nitrogens with zero attached hydrogens (tertiary/aromatic N) is 6. The van der Waals surface area contributed by atoms with Crippen molar-refractivity contribution in [3.63, 3.8) is 0 Å². The molecule has 176 valence electrons. The van der Waals surface area contributed by atoms with E-state index in [1.54, 1.807) is 34.2 Å². The molecule has 0 aliphatic heterocycles. The molecule has 0 radical (unpaired) electrons. The molecule has 4 rings (SSSR count). The predicted octanol–water partition coefficient (Wildman–Crippen LogP) is 2.64. The van der Waals surface area contributed by atoms with E-state index in [0.717, 1.165) is 23.3 Å². The summed E-state index contributed by atoms with van der Waals surface area (Å²) in [6.07, 6.45) is 4.99. The summed E-state index contributed by atoms with van der Waals surface area (Å²) in [6, 6.07) is 7.57. The van der Waals surface area contributed by atoms with E-state index in [1.807, 2.05) is 44.3 Å². The molecule has 1 aromatic carbocycles. The van der Waals surface area contributed by atoms with Crippen molar-refractivity contribution < 1.29 is 4.74 Å².